The normalized spacial score (nSPS) is 10.7. The highest BCUT2D eigenvalue weighted by Crippen LogP contribution is 2.02. The van der Waals surface area contributed by atoms with Gasteiger partial charge in [-0.3, -0.25) is 0 Å². The van der Waals surface area contributed by atoms with Crippen molar-refractivity contribution in [1.29, 1.82) is 0 Å². The summed E-state index contributed by atoms with van der Waals surface area (Å²) in [6.45, 7) is -0.216. The molecule has 0 bridgehead atoms. The van der Waals surface area contributed by atoms with Crippen molar-refractivity contribution in [2.75, 3.05) is 18.5 Å². The van der Waals surface area contributed by atoms with E-state index >= 15 is 0 Å². The number of imidazole rings is 1. The van der Waals surface area contributed by atoms with Crippen LogP contribution in [-0.4, -0.2) is 39.0 Å². The van der Waals surface area contributed by atoms with Crippen LogP contribution in [0, 0.1) is 0 Å². The molecule has 5 heteroatoms. The largest absolute Gasteiger partial charge is 0.394 e. The van der Waals surface area contributed by atoms with Crippen LogP contribution in [0.1, 0.15) is 0 Å². The van der Waals surface area contributed by atoms with E-state index in [-0.39, 0.29) is 19.3 Å². The summed E-state index contributed by atoms with van der Waals surface area (Å²) < 4.78 is 1.78. The number of anilines is 1. The summed E-state index contributed by atoms with van der Waals surface area (Å²) in [4.78, 5) is 3.98. The Kier molecular flexibility index (Phi) is 3.07. The third kappa shape index (κ3) is 1.96. The Hall–Kier alpha value is -1.07. The van der Waals surface area contributed by atoms with E-state index < -0.39 is 0 Å². The van der Waals surface area contributed by atoms with Gasteiger partial charge in [-0.25, -0.2) is 4.98 Å². The first-order valence-corrected chi connectivity index (χ1v) is 3.73. The summed E-state index contributed by atoms with van der Waals surface area (Å²) in [6.07, 6.45) is 3.43. The summed E-state index contributed by atoms with van der Waals surface area (Å²) >= 11 is 0. The topological polar surface area (TPSA) is 70.3 Å². The predicted octanol–water partition coefficient (Wildman–Crippen LogP) is -0.815. The average molecular weight is 171 g/mol. The molecule has 5 nitrogen and oxygen atoms in total. The van der Waals surface area contributed by atoms with Crippen LogP contribution < -0.4 is 5.32 Å². The summed E-state index contributed by atoms with van der Waals surface area (Å²) in [5.41, 5.74) is 0. The highest BCUT2D eigenvalue weighted by molar-refractivity contribution is 5.26. The van der Waals surface area contributed by atoms with Gasteiger partial charge in [0.2, 0.25) is 5.95 Å². The lowest BCUT2D eigenvalue weighted by molar-refractivity contribution is 0.203. The number of aryl methyl sites for hydroxylation is 1. The second kappa shape index (κ2) is 4.08. The SMILES string of the molecule is Cn1ccnc1NC(CO)CO. The van der Waals surface area contributed by atoms with Crippen LogP contribution >= 0.6 is 0 Å². The van der Waals surface area contributed by atoms with Gasteiger partial charge in [0.15, 0.2) is 0 Å². The molecule has 1 aromatic rings. The molecular weight excluding hydrogens is 158 g/mol. The first kappa shape index (κ1) is 9.02. The summed E-state index contributed by atoms with van der Waals surface area (Å²) in [6, 6.07) is -0.342. The smallest absolute Gasteiger partial charge is 0.202 e. The van der Waals surface area contributed by atoms with Crippen LogP contribution in [0.2, 0.25) is 0 Å². The number of rotatable bonds is 4. The number of aromatic nitrogens is 2. The highest BCUT2D eigenvalue weighted by atomic mass is 16.3. The molecule has 1 aromatic heterocycles. The number of hydrogen-bond acceptors (Lipinski definition) is 4. The Morgan fingerprint density at radius 1 is 1.58 bits per heavy atom. The van der Waals surface area contributed by atoms with E-state index in [0.29, 0.717) is 5.95 Å². The van der Waals surface area contributed by atoms with Crippen molar-refractivity contribution in [2.24, 2.45) is 7.05 Å². The van der Waals surface area contributed by atoms with Crippen LogP contribution in [0.15, 0.2) is 12.4 Å². The van der Waals surface area contributed by atoms with Crippen molar-refractivity contribution in [2.45, 2.75) is 6.04 Å². The van der Waals surface area contributed by atoms with Gasteiger partial charge in [0.25, 0.3) is 0 Å². The number of aliphatic hydroxyl groups excluding tert-OH is 2. The Labute approximate surface area is 70.7 Å². The molecule has 0 spiro atoms. The maximum Gasteiger partial charge on any atom is 0.202 e. The molecule has 68 valence electrons. The molecule has 0 amide bonds. The molecule has 0 saturated heterocycles. The Morgan fingerprint density at radius 3 is 2.67 bits per heavy atom. The van der Waals surface area contributed by atoms with E-state index in [1.165, 1.54) is 0 Å². The molecule has 0 unspecified atom stereocenters. The molecule has 1 rings (SSSR count). The van der Waals surface area contributed by atoms with Gasteiger partial charge in [0.1, 0.15) is 0 Å². The third-order valence-corrected chi connectivity index (χ3v) is 1.60. The molecule has 1 heterocycles. The Balaban J connectivity index is 2.56. The number of aliphatic hydroxyl groups is 2. The van der Waals surface area contributed by atoms with E-state index in [4.69, 9.17) is 10.2 Å². The molecular formula is C7H13N3O2. The minimum absolute atomic E-state index is 0.108. The van der Waals surface area contributed by atoms with Crippen molar-refractivity contribution in [3.63, 3.8) is 0 Å². The fourth-order valence-corrected chi connectivity index (χ4v) is 0.836. The molecule has 0 saturated carbocycles. The average Bonchev–Trinajstić information content (AvgIpc) is 2.47. The third-order valence-electron chi connectivity index (χ3n) is 1.60. The maximum atomic E-state index is 8.76. The van der Waals surface area contributed by atoms with Gasteiger partial charge in [-0.05, 0) is 0 Å². The van der Waals surface area contributed by atoms with Crippen LogP contribution in [0.5, 0.6) is 0 Å². The summed E-state index contributed by atoms with van der Waals surface area (Å²) in [7, 11) is 1.83. The molecule has 12 heavy (non-hydrogen) atoms. The monoisotopic (exact) mass is 171 g/mol. The van der Waals surface area contributed by atoms with E-state index in [2.05, 4.69) is 10.3 Å². The lowest BCUT2D eigenvalue weighted by Gasteiger charge is -2.13. The minimum atomic E-state index is -0.342. The van der Waals surface area contributed by atoms with E-state index in [1.54, 1.807) is 17.0 Å². The van der Waals surface area contributed by atoms with Crippen LogP contribution in [0.3, 0.4) is 0 Å². The molecule has 0 atom stereocenters. The second-order valence-electron chi connectivity index (χ2n) is 2.57. The van der Waals surface area contributed by atoms with Gasteiger partial charge in [-0.2, -0.15) is 0 Å². The molecule has 0 aliphatic heterocycles. The Bertz CT molecular complexity index is 232. The van der Waals surface area contributed by atoms with E-state index in [0.717, 1.165) is 0 Å². The summed E-state index contributed by atoms with van der Waals surface area (Å²) in [5.74, 6) is 0.642. The van der Waals surface area contributed by atoms with Gasteiger partial charge in [-0.1, -0.05) is 0 Å². The first-order valence-electron chi connectivity index (χ1n) is 3.73. The minimum Gasteiger partial charge on any atom is -0.394 e. The van der Waals surface area contributed by atoms with Gasteiger partial charge < -0.3 is 20.1 Å². The van der Waals surface area contributed by atoms with Crippen molar-refractivity contribution in [3.05, 3.63) is 12.4 Å². The molecule has 0 aliphatic rings. The van der Waals surface area contributed by atoms with Gasteiger partial charge in [0, 0.05) is 19.4 Å². The van der Waals surface area contributed by atoms with Crippen LogP contribution in [0.4, 0.5) is 5.95 Å². The number of hydrogen-bond donors (Lipinski definition) is 3. The standard InChI is InChI=1S/C7H13N3O2/c1-10-3-2-8-7(10)9-6(4-11)5-12/h2-3,6,11-12H,4-5H2,1H3,(H,8,9). The number of nitrogens with zero attached hydrogens (tertiary/aromatic N) is 2. The zero-order chi connectivity index (χ0) is 8.97. The highest BCUT2D eigenvalue weighted by Gasteiger charge is 2.07. The van der Waals surface area contributed by atoms with Crippen molar-refractivity contribution in [3.8, 4) is 0 Å². The van der Waals surface area contributed by atoms with Gasteiger partial charge in [-0.15, -0.1) is 0 Å². The number of nitrogens with one attached hydrogen (secondary N) is 1. The van der Waals surface area contributed by atoms with Crippen LogP contribution in [-0.2, 0) is 7.05 Å². The van der Waals surface area contributed by atoms with Crippen LogP contribution in [0.25, 0.3) is 0 Å². The van der Waals surface area contributed by atoms with Crippen molar-refractivity contribution in [1.82, 2.24) is 9.55 Å². The van der Waals surface area contributed by atoms with Crippen molar-refractivity contribution < 1.29 is 10.2 Å². The zero-order valence-electron chi connectivity index (χ0n) is 6.94. The quantitative estimate of drug-likeness (QED) is 0.554. The molecule has 0 aliphatic carbocycles. The summed E-state index contributed by atoms with van der Waals surface area (Å²) in [5, 5.41) is 20.4. The molecule has 3 N–H and O–H groups in total. The predicted molar refractivity (Wildman–Crippen MR) is 44.8 cm³/mol. The lowest BCUT2D eigenvalue weighted by Crippen LogP contribution is -2.28. The van der Waals surface area contributed by atoms with Gasteiger partial charge >= 0.3 is 0 Å². The van der Waals surface area contributed by atoms with Gasteiger partial charge in [0.05, 0.1) is 19.3 Å². The fraction of sp³-hybridized carbons (Fsp3) is 0.571. The van der Waals surface area contributed by atoms with Crippen molar-refractivity contribution >= 4 is 5.95 Å². The van der Waals surface area contributed by atoms with E-state index in [1.807, 2.05) is 7.05 Å². The first-order chi connectivity index (χ1) is 5.77. The second-order valence-corrected chi connectivity index (χ2v) is 2.57. The molecule has 0 aromatic carbocycles. The Morgan fingerprint density at radius 2 is 2.25 bits per heavy atom. The molecule has 0 fully saturated rings. The maximum absolute atomic E-state index is 8.76. The fourth-order valence-electron chi connectivity index (χ4n) is 0.836. The van der Waals surface area contributed by atoms with E-state index in [9.17, 15) is 0 Å². The zero-order valence-corrected chi connectivity index (χ0v) is 6.94. The lowest BCUT2D eigenvalue weighted by atomic mass is 10.3. The molecule has 0 radical (unpaired) electrons.